The van der Waals surface area contributed by atoms with Gasteiger partial charge in [0, 0.05) is 0 Å². The molecule has 0 spiro atoms. The number of carbonyl (C=O) groups excluding carboxylic acids is 3. The van der Waals surface area contributed by atoms with E-state index in [4.69, 9.17) is 14.2 Å². The monoisotopic (exact) mass is 492 g/mol. The molecular weight excluding hydrogens is 470 g/mol. The van der Waals surface area contributed by atoms with Gasteiger partial charge in [0.05, 0.1) is 11.1 Å². The van der Waals surface area contributed by atoms with E-state index in [0.717, 1.165) is 16.3 Å². The minimum absolute atomic E-state index is 0.0173. The first-order valence-electron chi connectivity index (χ1n) is 11.1. The van der Waals surface area contributed by atoms with Gasteiger partial charge in [0.2, 0.25) is 6.10 Å². The van der Waals surface area contributed by atoms with Crippen LogP contribution in [0.3, 0.4) is 0 Å². The van der Waals surface area contributed by atoms with Crippen molar-refractivity contribution in [2.24, 2.45) is 0 Å². The maximum absolute atomic E-state index is 14.6. The summed E-state index contributed by atoms with van der Waals surface area (Å²) in [7, 11) is 0. The fourth-order valence-electron chi connectivity index (χ4n) is 3.60. The Hall–Kier alpha value is -4.33. The number of hydrogen-bond acceptors (Lipinski definition) is 6. The quantitative estimate of drug-likeness (QED) is 0.359. The van der Waals surface area contributed by atoms with E-state index in [0.29, 0.717) is 0 Å². The van der Waals surface area contributed by atoms with Crippen LogP contribution in [-0.4, -0.2) is 42.6 Å². The normalized spacial score (nSPS) is 18.1. The molecule has 0 amide bonds. The highest BCUT2D eigenvalue weighted by molar-refractivity contribution is 5.95. The molecule has 0 saturated carbocycles. The van der Waals surface area contributed by atoms with Crippen LogP contribution in [-0.2, 0) is 19.0 Å². The Morgan fingerprint density at radius 3 is 2.28 bits per heavy atom. The van der Waals surface area contributed by atoms with Gasteiger partial charge >= 0.3 is 23.8 Å². The van der Waals surface area contributed by atoms with Crippen LogP contribution < -0.4 is 0 Å². The predicted molar refractivity (Wildman–Crippen MR) is 127 cm³/mol. The molecule has 0 aromatic heterocycles. The van der Waals surface area contributed by atoms with Crippen LogP contribution >= 0.6 is 0 Å². The second kappa shape index (κ2) is 10.5. The van der Waals surface area contributed by atoms with Crippen LogP contribution in [0.1, 0.15) is 26.3 Å². The van der Waals surface area contributed by atoms with Gasteiger partial charge in [-0.3, -0.25) is 0 Å². The van der Waals surface area contributed by atoms with E-state index in [9.17, 15) is 23.2 Å². The zero-order valence-electron chi connectivity index (χ0n) is 19.2. The fraction of sp³-hybridized carbons (Fsp3) is 0.179. The maximum Gasteiger partial charge on any atom is 0.382 e. The molecule has 2 atom stereocenters. The molecule has 1 fully saturated rings. The molecule has 4 rings (SSSR count). The number of alkyl halides is 2. The minimum Gasteiger partial charge on any atom is -0.458 e. The lowest BCUT2D eigenvalue weighted by molar-refractivity contribution is -0.163. The van der Waals surface area contributed by atoms with Crippen LogP contribution in [0.5, 0.6) is 0 Å². The number of cyclic esters (lactones) is 1. The summed E-state index contributed by atoms with van der Waals surface area (Å²) in [6.07, 6.45) is -3.95. The molecule has 8 heteroatoms. The lowest BCUT2D eigenvalue weighted by atomic mass is 10.1. The van der Waals surface area contributed by atoms with Crippen molar-refractivity contribution in [2.45, 2.75) is 25.1 Å². The second-order valence-electron chi connectivity index (χ2n) is 8.19. The molecule has 3 aromatic rings. The smallest absolute Gasteiger partial charge is 0.382 e. The zero-order chi connectivity index (χ0) is 25.7. The molecule has 1 aliphatic rings. The van der Waals surface area contributed by atoms with Gasteiger partial charge in [-0.05, 0) is 42.0 Å². The first-order valence-corrected chi connectivity index (χ1v) is 11.1. The van der Waals surface area contributed by atoms with Crippen LogP contribution in [0.15, 0.2) is 91.0 Å². The average Bonchev–Trinajstić information content (AvgIpc) is 3.08. The maximum atomic E-state index is 14.6. The summed E-state index contributed by atoms with van der Waals surface area (Å²) < 4.78 is 44.0. The number of halogens is 2. The molecule has 1 saturated heterocycles. The zero-order valence-corrected chi connectivity index (χ0v) is 19.2. The van der Waals surface area contributed by atoms with Gasteiger partial charge in [-0.25, -0.2) is 14.4 Å². The third-order valence-corrected chi connectivity index (χ3v) is 5.55. The topological polar surface area (TPSA) is 78.9 Å². The van der Waals surface area contributed by atoms with E-state index in [1.165, 1.54) is 18.2 Å². The first-order chi connectivity index (χ1) is 17.3. The largest absolute Gasteiger partial charge is 0.458 e. The minimum atomic E-state index is -4.11. The summed E-state index contributed by atoms with van der Waals surface area (Å²) in [5, 5.41) is 1.70. The number of aryl methyl sites for hydroxylation is 1. The third-order valence-electron chi connectivity index (χ3n) is 5.55. The molecule has 1 aliphatic heterocycles. The van der Waals surface area contributed by atoms with Crippen LogP contribution in [0, 0.1) is 6.92 Å². The van der Waals surface area contributed by atoms with Crippen molar-refractivity contribution in [1.29, 1.82) is 0 Å². The number of ether oxygens (including phenoxy) is 3. The Kier molecular flexibility index (Phi) is 7.24. The molecule has 184 valence electrons. The third kappa shape index (κ3) is 5.49. The van der Waals surface area contributed by atoms with Gasteiger partial charge in [0.15, 0.2) is 6.10 Å². The molecule has 3 aromatic carbocycles. The van der Waals surface area contributed by atoms with Crippen molar-refractivity contribution >= 4 is 28.7 Å². The van der Waals surface area contributed by atoms with Gasteiger partial charge < -0.3 is 14.2 Å². The van der Waals surface area contributed by atoms with Crippen molar-refractivity contribution < 1.29 is 37.4 Å². The molecule has 1 heterocycles. The number of esters is 3. The Morgan fingerprint density at radius 2 is 1.50 bits per heavy atom. The number of fused-ring (bicyclic) bond motifs is 1. The van der Waals surface area contributed by atoms with E-state index in [1.54, 1.807) is 55.5 Å². The summed E-state index contributed by atoms with van der Waals surface area (Å²) in [6.45, 7) is 1.08. The van der Waals surface area contributed by atoms with Crippen LogP contribution in [0.4, 0.5) is 8.78 Å². The van der Waals surface area contributed by atoms with E-state index in [-0.39, 0.29) is 11.1 Å². The molecule has 36 heavy (non-hydrogen) atoms. The Morgan fingerprint density at radius 1 is 0.833 bits per heavy atom. The Labute approximate surface area is 205 Å². The van der Waals surface area contributed by atoms with Crippen molar-refractivity contribution in [3.8, 4) is 0 Å². The Balaban J connectivity index is 1.51. The lowest BCUT2D eigenvalue weighted by Crippen LogP contribution is -2.43. The number of rotatable bonds is 5. The van der Waals surface area contributed by atoms with E-state index in [1.807, 2.05) is 24.3 Å². The highest BCUT2D eigenvalue weighted by Crippen LogP contribution is 2.35. The van der Waals surface area contributed by atoms with Gasteiger partial charge in [0.25, 0.3) is 0 Å². The summed E-state index contributed by atoms with van der Waals surface area (Å²) >= 11 is 0. The highest BCUT2D eigenvalue weighted by atomic mass is 19.3. The average molecular weight is 492 g/mol. The van der Waals surface area contributed by atoms with Gasteiger partial charge in [-0.15, -0.1) is 0 Å². The number of benzene rings is 2. The lowest BCUT2D eigenvalue weighted by Gasteiger charge is -2.20. The van der Waals surface area contributed by atoms with Crippen molar-refractivity contribution in [3.63, 3.8) is 0 Å². The van der Waals surface area contributed by atoms with Gasteiger partial charge in [-0.1, -0.05) is 72.3 Å². The van der Waals surface area contributed by atoms with Crippen molar-refractivity contribution in [1.82, 2.24) is 0 Å². The molecule has 0 radical (unpaired) electrons. The first kappa shape index (κ1) is 24.8. The predicted octanol–water partition coefficient (Wildman–Crippen LogP) is 5.22. The molecule has 1 unspecified atom stereocenters. The fourth-order valence-corrected chi connectivity index (χ4v) is 3.60. The summed E-state index contributed by atoms with van der Waals surface area (Å²) in [5.74, 6) is -7.84. The van der Waals surface area contributed by atoms with Gasteiger partial charge in [0.1, 0.15) is 6.61 Å². The molecule has 6 nitrogen and oxygen atoms in total. The van der Waals surface area contributed by atoms with E-state index < -0.39 is 42.6 Å². The standard InChI is InChI=1S/C28H22F2O6/c1-18-8-4-2-3-5-10-20(13-12-18)26(32)36-24-23(35-27(33)28(24,29)30)17-34-25(31)22-15-14-19-9-6-7-11-21(19)16-22/h2-16,23-24H,17H2,1H3/t23?,24-/m0/s1. The highest BCUT2D eigenvalue weighted by Gasteiger charge is 2.63. The Bertz CT molecular complexity index is 1370. The molecular formula is C28H22F2O6. The second-order valence-corrected chi connectivity index (χ2v) is 8.19. The van der Waals surface area contributed by atoms with Gasteiger partial charge in [-0.2, -0.15) is 8.78 Å². The van der Waals surface area contributed by atoms with E-state index in [2.05, 4.69) is 0 Å². The number of hydrogen-bond donors (Lipinski definition) is 0. The molecule has 0 bridgehead atoms. The SMILES string of the molecule is Cc1ccccccc(C(=O)O[C@H]2C(COC(=O)c3ccc4ccccc4c3)OC(=O)C2(F)F)cc1. The van der Waals surface area contributed by atoms with E-state index >= 15 is 0 Å². The number of carbonyl (C=O) groups is 3. The summed E-state index contributed by atoms with van der Waals surface area (Å²) in [6, 6.07) is 25.2. The van der Waals surface area contributed by atoms with Crippen LogP contribution in [0.25, 0.3) is 10.8 Å². The molecule has 0 N–H and O–H groups in total. The summed E-state index contributed by atoms with van der Waals surface area (Å²) in [5.41, 5.74) is 0.985. The van der Waals surface area contributed by atoms with Crippen molar-refractivity contribution in [3.05, 3.63) is 108 Å². The summed E-state index contributed by atoms with van der Waals surface area (Å²) in [4.78, 5) is 37.1. The molecule has 0 aliphatic carbocycles. The van der Waals surface area contributed by atoms with Crippen molar-refractivity contribution in [2.75, 3.05) is 6.61 Å². The van der Waals surface area contributed by atoms with Crippen LogP contribution in [0.2, 0.25) is 0 Å².